The molecule has 2 unspecified atom stereocenters. The quantitative estimate of drug-likeness (QED) is 0.607. The number of thioether (sulfide) groups is 1. The van der Waals surface area contributed by atoms with Gasteiger partial charge in [-0.3, -0.25) is 9.59 Å². The summed E-state index contributed by atoms with van der Waals surface area (Å²) < 4.78 is 16.3. The van der Waals surface area contributed by atoms with Gasteiger partial charge in [0.2, 0.25) is 0 Å². The van der Waals surface area contributed by atoms with E-state index in [9.17, 15) is 9.59 Å². The number of hydrogen-bond donors (Lipinski definition) is 0. The average Bonchev–Trinajstić information content (AvgIpc) is 2.86. The smallest absolute Gasteiger partial charge is 0.303 e. The highest BCUT2D eigenvalue weighted by Crippen LogP contribution is 2.47. The molecule has 0 aliphatic carbocycles. The highest BCUT2D eigenvalue weighted by atomic mass is 32.2. The number of likely N-dealkylation sites (N-methyl/N-ethyl adjacent to an activating group) is 1. The number of hydrogen-bond acceptors (Lipinski definition) is 7. The molecule has 0 aromatic heterocycles. The van der Waals surface area contributed by atoms with E-state index in [1.54, 1.807) is 19.1 Å². The van der Waals surface area contributed by atoms with Crippen LogP contribution in [0.3, 0.4) is 0 Å². The minimum absolute atomic E-state index is 0.252. The fourth-order valence-electron chi connectivity index (χ4n) is 3.39. The number of amides is 1. The van der Waals surface area contributed by atoms with Crippen LogP contribution >= 0.6 is 11.8 Å². The van der Waals surface area contributed by atoms with Crippen molar-refractivity contribution in [2.75, 3.05) is 46.3 Å². The van der Waals surface area contributed by atoms with Crippen molar-refractivity contribution >= 4 is 29.3 Å². The maximum absolute atomic E-state index is 13.7. The number of carbonyl (C=O) groups excluding carboxylic acids is 2. The van der Waals surface area contributed by atoms with E-state index in [1.807, 2.05) is 61.5 Å². The van der Waals surface area contributed by atoms with Gasteiger partial charge in [0.25, 0.3) is 5.91 Å². The highest BCUT2D eigenvalue weighted by molar-refractivity contribution is 7.99. The van der Waals surface area contributed by atoms with E-state index in [0.717, 1.165) is 21.9 Å². The third kappa shape index (κ3) is 5.32. The van der Waals surface area contributed by atoms with Crippen molar-refractivity contribution in [3.63, 3.8) is 0 Å². The molecule has 166 valence electrons. The Bertz CT molecular complexity index is 932. The van der Waals surface area contributed by atoms with Crippen LogP contribution in [0.2, 0.25) is 0 Å². The lowest BCUT2D eigenvalue weighted by Crippen LogP contribution is -2.45. The van der Waals surface area contributed by atoms with E-state index in [4.69, 9.17) is 14.2 Å². The number of ether oxygens (including phenoxy) is 3. The van der Waals surface area contributed by atoms with Crippen molar-refractivity contribution in [3.8, 4) is 11.5 Å². The first-order valence-electron chi connectivity index (χ1n) is 9.96. The lowest BCUT2D eigenvalue weighted by atomic mass is 10.1. The number of methoxy groups -OCH3 is 2. The van der Waals surface area contributed by atoms with Gasteiger partial charge >= 0.3 is 5.97 Å². The van der Waals surface area contributed by atoms with Gasteiger partial charge in [0.1, 0.15) is 11.5 Å². The van der Waals surface area contributed by atoms with E-state index < -0.39 is 17.3 Å². The molecule has 1 aliphatic heterocycles. The van der Waals surface area contributed by atoms with Gasteiger partial charge in [0, 0.05) is 31.0 Å². The fraction of sp³-hybridized carbons (Fsp3) is 0.391. The molecule has 8 heteroatoms. The Kier molecular flexibility index (Phi) is 7.46. The van der Waals surface area contributed by atoms with Crippen molar-refractivity contribution in [1.82, 2.24) is 4.90 Å². The number of benzene rings is 2. The fourth-order valence-corrected chi connectivity index (χ4v) is 4.69. The first-order chi connectivity index (χ1) is 14.8. The summed E-state index contributed by atoms with van der Waals surface area (Å²) in [5.74, 6) is 0.635. The summed E-state index contributed by atoms with van der Waals surface area (Å²) >= 11 is 1.51. The van der Waals surface area contributed by atoms with Gasteiger partial charge in [-0.2, -0.15) is 0 Å². The lowest BCUT2D eigenvalue weighted by Gasteiger charge is -2.28. The van der Waals surface area contributed by atoms with Crippen LogP contribution in [0.25, 0.3) is 0 Å². The predicted molar refractivity (Wildman–Crippen MR) is 121 cm³/mol. The Morgan fingerprint density at radius 3 is 2.29 bits per heavy atom. The summed E-state index contributed by atoms with van der Waals surface area (Å²) in [6.07, 6.45) is -0.962. The first kappa shape index (κ1) is 23.0. The Labute approximate surface area is 187 Å². The zero-order valence-electron chi connectivity index (χ0n) is 18.5. The van der Waals surface area contributed by atoms with Gasteiger partial charge in [-0.1, -0.05) is 12.1 Å². The molecule has 0 N–H and O–H groups in total. The van der Waals surface area contributed by atoms with Gasteiger partial charge in [-0.05, 0) is 43.9 Å². The zero-order chi connectivity index (χ0) is 22.5. The summed E-state index contributed by atoms with van der Waals surface area (Å²) in [5.41, 5.74) is 1.63. The van der Waals surface area contributed by atoms with Crippen molar-refractivity contribution in [2.45, 2.75) is 23.2 Å². The molecule has 0 saturated heterocycles. The molecule has 3 rings (SSSR count). The number of rotatable bonds is 7. The Morgan fingerprint density at radius 2 is 1.71 bits per heavy atom. The summed E-state index contributed by atoms with van der Waals surface area (Å²) in [6.45, 7) is 2.45. The van der Waals surface area contributed by atoms with Crippen LogP contribution in [0.4, 0.5) is 5.69 Å². The summed E-state index contributed by atoms with van der Waals surface area (Å²) in [6, 6.07) is 13.2. The third-order valence-electron chi connectivity index (χ3n) is 5.00. The number of esters is 1. The van der Waals surface area contributed by atoms with E-state index in [2.05, 4.69) is 0 Å². The van der Waals surface area contributed by atoms with E-state index >= 15 is 0 Å². The second kappa shape index (κ2) is 10.1. The van der Waals surface area contributed by atoms with Crippen LogP contribution in [-0.2, 0) is 14.3 Å². The van der Waals surface area contributed by atoms with Gasteiger partial charge in [0.05, 0.1) is 25.2 Å². The molecule has 0 spiro atoms. The van der Waals surface area contributed by atoms with Crippen molar-refractivity contribution < 1.29 is 23.8 Å². The number of fused-ring (bicyclic) bond motifs is 1. The van der Waals surface area contributed by atoms with Crippen LogP contribution in [0.15, 0.2) is 47.4 Å². The Hall–Kier alpha value is -2.71. The van der Waals surface area contributed by atoms with Gasteiger partial charge in [-0.25, -0.2) is 0 Å². The molecule has 0 fully saturated rings. The zero-order valence-corrected chi connectivity index (χ0v) is 19.3. The molecule has 1 aliphatic rings. The maximum Gasteiger partial charge on any atom is 0.303 e. The summed E-state index contributed by atoms with van der Waals surface area (Å²) in [7, 11) is 7.10. The Balaban J connectivity index is 2.10. The predicted octanol–water partition coefficient (Wildman–Crippen LogP) is 3.38. The molecule has 31 heavy (non-hydrogen) atoms. The molecule has 2 atom stereocenters. The molecule has 2 aromatic rings. The van der Waals surface area contributed by atoms with Gasteiger partial charge in [-0.15, -0.1) is 11.8 Å². The molecule has 7 nitrogen and oxygen atoms in total. The number of anilines is 1. The van der Waals surface area contributed by atoms with Crippen LogP contribution in [-0.4, -0.2) is 64.3 Å². The molecule has 2 aromatic carbocycles. The largest absolute Gasteiger partial charge is 0.497 e. The maximum atomic E-state index is 13.7. The number of carbonyl (C=O) groups is 2. The molecular formula is C23H28N2O5S. The van der Waals surface area contributed by atoms with Crippen LogP contribution in [0.5, 0.6) is 11.5 Å². The highest BCUT2D eigenvalue weighted by Gasteiger charge is 2.41. The average molecular weight is 445 g/mol. The molecular weight excluding hydrogens is 416 g/mol. The van der Waals surface area contributed by atoms with Crippen molar-refractivity contribution in [3.05, 3.63) is 48.0 Å². The summed E-state index contributed by atoms with van der Waals surface area (Å²) in [5, 5.41) is -0.404. The molecule has 1 heterocycles. The first-order valence-corrected chi connectivity index (χ1v) is 10.8. The van der Waals surface area contributed by atoms with E-state index in [0.29, 0.717) is 18.8 Å². The standard InChI is InChI=1S/C23H28N2O5S/c1-15(26)30-21-22(16-6-8-17(28-4)9-7-16)31-20-11-10-18(29-5)14-19(20)25(23(21)27)13-12-24(2)3/h6-11,14,21-22H,12-13H2,1-5H3. The minimum atomic E-state index is -0.962. The van der Waals surface area contributed by atoms with Crippen molar-refractivity contribution in [1.29, 1.82) is 0 Å². The van der Waals surface area contributed by atoms with Crippen molar-refractivity contribution in [2.24, 2.45) is 0 Å². The van der Waals surface area contributed by atoms with Gasteiger partial charge in [0.15, 0.2) is 6.10 Å². The normalized spacial score (nSPS) is 18.4. The van der Waals surface area contributed by atoms with Gasteiger partial charge < -0.3 is 24.0 Å². The van der Waals surface area contributed by atoms with Crippen LogP contribution in [0, 0.1) is 0 Å². The third-order valence-corrected chi connectivity index (χ3v) is 6.38. The summed E-state index contributed by atoms with van der Waals surface area (Å²) in [4.78, 5) is 30.3. The van der Waals surface area contributed by atoms with E-state index in [-0.39, 0.29) is 5.91 Å². The second-order valence-electron chi connectivity index (χ2n) is 7.47. The molecule has 0 bridgehead atoms. The Morgan fingerprint density at radius 1 is 1.06 bits per heavy atom. The molecule has 1 amide bonds. The molecule has 0 radical (unpaired) electrons. The van der Waals surface area contributed by atoms with Crippen LogP contribution in [0.1, 0.15) is 17.7 Å². The minimum Gasteiger partial charge on any atom is -0.497 e. The second-order valence-corrected chi connectivity index (χ2v) is 8.65. The SMILES string of the molecule is COc1ccc(C2Sc3ccc(OC)cc3N(CCN(C)C)C(=O)C2OC(C)=O)cc1. The van der Waals surface area contributed by atoms with E-state index in [1.165, 1.54) is 18.7 Å². The lowest BCUT2D eigenvalue weighted by molar-refractivity contribution is -0.152. The molecule has 0 saturated carbocycles. The number of nitrogens with zero attached hydrogens (tertiary/aromatic N) is 2. The monoisotopic (exact) mass is 444 g/mol. The van der Waals surface area contributed by atoms with Crippen LogP contribution < -0.4 is 14.4 Å². The topological polar surface area (TPSA) is 68.3 Å².